The van der Waals surface area contributed by atoms with Crippen molar-refractivity contribution in [1.82, 2.24) is 14.9 Å². The first kappa shape index (κ1) is 11.6. The van der Waals surface area contributed by atoms with Crippen molar-refractivity contribution in [2.24, 2.45) is 0 Å². The number of fused-ring (bicyclic) bond motifs is 1. The average molecular weight is 257 g/mol. The molecule has 1 fully saturated rings. The lowest BCUT2D eigenvalue weighted by Gasteiger charge is -2.19. The number of amides is 2. The van der Waals surface area contributed by atoms with E-state index in [0.717, 1.165) is 11.1 Å². The summed E-state index contributed by atoms with van der Waals surface area (Å²) in [5, 5.41) is 6.47. The fourth-order valence-corrected chi connectivity index (χ4v) is 2.40. The van der Waals surface area contributed by atoms with Gasteiger partial charge in [-0.3, -0.25) is 19.7 Å². The summed E-state index contributed by atoms with van der Waals surface area (Å²) in [7, 11) is 0. The molecule has 2 aromatic rings. The number of aldehydes is 1. The molecule has 1 N–H and O–H groups in total. The summed E-state index contributed by atoms with van der Waals surface area (Å²) < 4.78 is 1.51. The predicted molar refractivity (Wildman–Crippen MR) is 65.7 cm³/mol. The molecule has 6 heteroatoms. The quantitative estimate of drug-likeness (QED) is 0.633. The van der Waals surface area contributed by atoms with Gasteiger partial charge >= 0.3 is 0 Å². The van der Waals surface area contributed by atoms with Crippen molar-refractivity contribution in [3.05, 3.63) is 35.7 Å². The summed E-state index contributed by atoms with van der Waals surface area (Å²) in [5.74, 6) is -0.939. The van der Waals surface area contributed by atoms with Crippen LogP contribution in [0.2, 0.25) is 0 Å². The molecule has 0 bridgehead atoms. The van der Waals surface area contributed by atoms with Crippen LogP contribution in [0.1, 0.15) is 34.8 Å². The number of pyridine rings is 1. The number of carbonyl (C=O) groups excluding carboxylic acids is 3. The second-order valence-corrected chi connectivity index (χ2v) is 4.47. The van der Waals surface area contributed by atoms with Crippen LogP contribution in [-0.2, 0) is 9.59 Å². The summed E-state index contributed by atoms with van der Waals surface area (Å²) in [4.78, 5) is 33.9. The van der Waals surface area contributed by atoms with Crippen LogP contribution in [0.5, 0.6) is 0 Å². The second-order valence-electron chi connectivity index (χ2n) is 4.47. The largest absolute Gasteiger partial charge is 0.296 e. The van der Waals surface area contributed by atoms with E-state index in [1.807, 2.05) is 0 Å². The molecular weight excluding hydrogens is 246 g/mol. The summed E-state index contributed by atoms with van der Waals surface area (Å²) >= 11 is 0. The maximum absolute atomic E-state index is 11.9. The molecule has 2 amide bonds. The molecule has 1 unspecified atom stereocenters. The van der Waals surface area contributed by atoms with E-state index in [1.54, 1.807) is 24.4 Å². The predicted octanol–water partition coefficient (Wildman–Crippen LogP) is 0.667. The molecule has 19 heavy (non-hydrogen) atoms. The van der Waals surface area contributed by atoms with Crippen LogP contribution < -0.4 is 5.32 Å². The van der Waals surface area contributed by atoms with Crippen LogP contribution in [0.3, 0.4) is 0 Å². The number of rotatable bonds is 2. The van der Waals surface area contributed by atoms with Crippen molar-refractivity contribution in [2.75, 3.05) is 0 Å². The minimum absolute atomic E-state index is 0.244. The molecule has 6 nitrogen and oxygen atoms in total. The topological polar surface area (TPSA) is 80.5 Å². The van der Waals surface area contributed by atoms with Crippen LogP contribution in [0.15, 0.2) is 24.4 Å². The number of aromatic nitrogens is 2. The highest BCUT2D eigenvalue weighted by atomic mass is 16.2. The normalized spacial score (nSPS) is 19.5. The van der Waals surface area contributed by atoms with Gasteiger partial charge in [-0.1, -0.05) is 6.07 Å². The Labute approximate surface area is 108 Å². The molecule has 1 aliphatic rings. The van der Waals surface area contributed by atoms with Gasteiger partial charge in [-0.05, 0) is 18.6 Å². The second kappa shape index (κ2) is 4.31. The third kappa shape index (κ3) is 1.81. The standard InChI is InChI=1S/C13H11N3O3/c17-7-8-2-1-3-11-10(6-14-16(8)11)9-4-5-12(18)15-13(9)19/h1-3,6-7,9H,4-5H2,(H,15,18,19). The number of hydrogen-bond acceptors (Lipinski definition) is 4. The summed E-state index contributed by atoms with van der Waals surface area (Å²) in [6, 6.07) is 5.20. The van der Waals surface area contributed by atoms with Gasteiger partial charge < -0.3 is 0 Å². The van der Waals surface area contributed by atoms with Gasteiger partial charge in [0.05, 0.1) is 17.6 Å². The molecule has 1 saturated heterocycles. The molecule has 96 valence electrons. The fourth-order valence-electron chi connectivity index (χ4n) is 2.40. The Hall–Kier alpha value is -2.50. The average Bonchev–Trinajstić information content (AvgIpc) is 2.82. The summed E-state index contributed by atoms with van der Waals surface area (Å²) in [6.45, 7) is 0. The van der Waals surface area contributed by atoms with Crippen molar-refractivity contribution in [1.29, 1.82) is 0 Å². The lowest BCUT2D eigenvalue weighted by atomic mass is 9.91. The van der Waals surface area contributed by atoms with E-state index in [9.17, 15) is 14.4 Å². The van der Waals surface area contributed by atoms with Gasteiger partial charge in [-0.2, -0.15) is 5.10 Å². The third-order valence-corrected chi connectivity index (χ3v) is 3.34. The molecule has 3 heterocycles. The molecule has 0 spiro atoms. The monoisotopic (exact) mass is 257 g/mol. The first-order valence-electron chi connectivity index (χ1n) is 5.96. The number of imide groups is 1. The van der Waals surface area contributed by atoms with E-state index in [4.69, 9.17) is 0 Å². The summed E-state index contributed by atoms with van der Waals surface area (Å²) in [6.07, 6.45) is 3.09. The molecule has 2 aromatic heterocycles. The van der Waals surface area contributed by atoms with Crippen LogP contribution in [0.25, 0.3) is 5.52 Å². The molecule has 0 aliphatic carbocycles. The minimum Gasteiger partial charge on any atom is -0.296 e. The van der Waals surface area contributed by atoms with Crippen molar-refractivity contribution >= 4 is 23.6 Å². The lowest BCUT2D eigenvalue weighted by molar-refractivity contribution is -0.134. The van der Waals surface area contributed by atoms with Crippen LogP contribution in [-0.4, -0.2) is 27.7 Å². The van der Waals surface area contributed by atoms with E-state index in [1.165, 1.54) is 4.52 Å². The van der Waals surface area contributed by atoms with Gasteiger partial charge in [0.15, 0.2) is 6.29 Å². The Bertz CT molecular complexity index is 689. The van der Waals surface area contributed by atoms with Crippen molar-refractivity contribution in [3.8, 4) is 0 Å². The third-order valence-electron chi connectivity index (χ3n) is 3.34. The Kier molecular flexibility index (Phi) is 2.63. The number of nitrogens with one attached hydrogen (secondary N) is 1. The van der Waals surface area contributed by atoms with E-state index >= 15 is 0 Å². The highest BCUT2D eigenvalue weighted by molar-refractivity contribution is 6.01. The Morgan fingerprint density at radius 2 is 2.21 bits per heavy atom. The van der Waals surface area contributed by atoms with Gasteiger partial charge in [-0.15, -0.1) is 0 Å². The maximum atomic E-state index is 11.9. The van der Waals surface area contributed by atoms with Crippen molar-refractivity contribution in [2.45, 2.75) is 18.8 Å². The van der Waals surface area contributed by atoms with Crippen molar-refractivity contribution < 1.29 is 14.4 Å². The van der Waals surface area contributed by atoms with Gasteiger partial charge in [-0.25, -0.2) is 4.52 Å². The SMILES string of the molecule is O=Cc1cccc2c(C3CCC(=O)NC3=O)cnn12. The van der Waals surface area contributed by atoms with Crippen LogP contribution in [0, 0.1) is 0 Å². The van der Waals surface area contributed by atoms with Gasteiger partial charge in [0, 0.05) is 12.0 Å². The first-order chi connectivity index (χ1) is 9.20. The molecule has 0 aromatic carbocycles. The zero-order valence-electron chi connectivity index (χ0n) is 10.00. The Morgan fingerprint density at radius 1 is 1.37 bits per heavy atom. The van der Waals surface area contributed by atoms with Gasteiger partial charge in [0.2, 0.25) is 11.8 Å². The zero-order chi connectivity index (χ0) is 13.4. The van der Waals surface area contributed by atoms with E-state index in [0.29, 0.717) is 24.8 Å². The van der Waals surface area contributed by atoms with Crippen LogP contribution in [0.4, 0.5) is 0 Å². The van der Waals surface area contributed by atoms with Gasteiger partial charge in [0.1, 0.15) is 5.69 Å². The maximum Gasteiger partial charge on any atom is 0.234 e. The first-order valence-corrected chi connectivity index (χ1v) is 5.96. The van der Waals surface area contributed by atoms with Crippen LogP contribution >= 0.6 is 0 Å². The smallest absolute Gasteiger partial charge is 0.234 e. The van der Waals surface area contributed by atoms with E-state index in [-0.39, 0.29) is 11.8 Å². The number of carbonyl (C=O) groups is 3. The van der Waals surface area contributed by atoms with Crippen molar-refractivity contribution in [3.63, 3.8) is 0 Å². The highest BCUT2D eigenvalue weighted by Gasteiger charge is 2.30. The molecule has 1 aliphatic heterocycles. The number of nitrogens with zero attached hydrogens (tertiary/aromatic N) is 2. The molecule has 1 atom stereocenters. The Balaban J connectivity index is 2.09. The van der Waals surface area contributed by atoms with E-state index in [2.05, 4.69) is 10.4 Å². The molecule has 0 saturated carbocycles. The summed E-state index contributed by atoms with van der Waals surface area (Å²) in [5.41, 5.74) is 1.89. The fraction of sp³-hybridized carbons (Fsp3) is 0.231. The zero-order valence-corrected chi connectivity index (χ0v) is 10.00. The lowest BCUT2D eigenvalue weighted by Crippen LogP contribution is -2.39. The molecule has 0 radical (unpaired) electrons. The molecule has 3 rings (SSSR count). The Morgan fingerprint density at radius 3 is 2.95 bits per heavy atom. The molecular formula is C13H11N3O3. The van der Waals surface area contributed by atoms with Gasteiger partial charge in [0.25, 0.3) is 0 Å². The number of piperidine rings is 1. The highest BCUT2D eigenvalue weighted by Crippen LogP contribution is 2.28. The minimum atomic E-state index is -0.392. The van der Waals surface area contributed by atoms with E-state index < -0.39 is 5.92 Å². The number of hydrogen-bond donors (Lipinski definition) is 1.